The Morgan fingerprint density at radius 3 is 2.42 bits per heavy atom. The highest BCUT2D eigenvalue weighted by atomic mass is 19.1. The van der Waals surface area contributed by atoms with Crippen LogP contribution in [-0.2, 0) is 9.47 Å². The molecule has 0 bridgehead atoms. The zero-order chi connectivity index (χ0) is 14.3. The molecule has 0 aromatic carbocycles. The van der Waals surface area contributed by atoms with E-state index in [0.29, 0.717) is 26.3 Å². The Hall–Kier alpha value is -1.73. The summed E-state index contributed by atoms with van der Waals surface area (Å²) in [6, 6.07) is 1.13. The van der Waals surface area contributed by atoms with Crippen LogP contribution in [-0.4, -0.2) is 56.6 Å². The lowest BCUT2D eigenvalue weighted by atomic mass is 10.2. The van der Waals surface area contributed by atoms with Gasteiger partial charge in [0.05, 0.1) is 13.2 Å². The van der Waals surface area contributed by atoms with Crippen molar-refractivity contribution in [3.63, 3.8) is 0 Å². The van der Waals surface area contributed by atoms with Crippen molar-refractivity contribution < 1.29 is 23.8 Å². The largest absolute Gasteiger partial charge is 0.478 e. The Kier molecular flexibility index (Phi) is 6.17. The first-order valence-electron chi connectivity index (χ1n) is 5.72. The number of methoxy groups -OCH3 is 2. The van der Waals surface area contributed by atoms with Gasteiger partial charge in [-0.05, 0) is 6.07 Å². The Labute approximate surface area is 110 Å². The minimum atomic E-state index is -1.32. The van der Waals surface area contributed by atoms with E-state index in [9.17, 15) is 9.18 Å². The first kappa shape index (κ1) is 15.3. The highest BCUT2D eigenvalue weighted by Gasteiger charge is 2.19. The van der Waals surface area contributed by atoms with E-state index in [2.05, 4.69) is 4.98 Å². The summed E-state index contributed by atoms with van der Waals surface area (Å²) >= 11 is 0. The summed E-state index contributed by atoms with van der Waals surface area (Å²) in [4.78, 5) is 16.4. The third kappa shape index (κ3) is 4.15. The van der Waals surface area contributed by atoms with Gasteiger partial charge in [-0.25, -0.2) is 14.2 Å². The van der Waals surface area contributed by atoms with E-state index in [-0.39, 0.29) is 5.82 Å². The lowest BCUT2D eigenvalue weighted by molar-refractivity contribution is 0.0691. The third-order valence-corrected chi connectivity index (χ3v) is 2.53. The normalized spacial score (nSPS) is 10.5. The van der Waals surface area contributed by atoms with Crippen LogP contribution in [0, 0.1) is 5.82 Å². The predicted molar refractivity (Wildman–Crippen MR) is 67.1 cm³/mol. The average molecular weight is 272 g/mol. The molecule has 0 aliphatic carbocycles. The molecule has 106 valence electrons. The Bertz CT molecular complexity index is 420. The highest BCUT2D eigenvalue weighted by Crippen LogP contribution is 2.19. The molecule has 0 fully saturated rings. The number of aromatic nitrogens is 1. The molecule has 0 aliphatic rings. The van der Waals surface area contributed by atoms with Crippen molar-refractivity contribution in [2.45, 2.75) is 0 Å². The maximum atomic E-state index is 14.1. The van der Waals surface area contributed by atoms with Gasteiger partial charge in [0.25, 0.3) is 0 Å². The number of anilines is 1. The first-order valence-corrected chi connectivity index (χ1v) is 5.72. The number of hydrogen-bond acceptors (Lipinski definition) is 5. The number of halogens is 1. The Morgan fingerprint density at radius 2 is 1.95 bits per heavy atom. The van der Waals surface area contributed by atoms with Gasteiger partial charge in [0.2, 0.25) is 0 Å². The summed E-state index contributed by atoms with van der Waals surface area (Å²) in [5, 5.41) is 8.89. The molecular formula is C12H17FN2O4. The molecule has 6 nitrogen and oxygen atoms in total. The molecule has 0 saturated carbocycles. The summed E-state index contributed by atoms with van der Waals surface area (Å²) in [5.41, 5.74) is -0.398. The van der Waals surface area contributed by atoms with Crippen LogP contribution in [0.3, 0.4) is 0 Å². The van der Waals surface area contributed by atoms with Gasteiger partial charge in [-0.1, -0.05) is 0 Å². The van der Waals surface area contributed by atoms with Gasteiger partial charge in [-0.15, -0.1) is 0 Å². The molecule has 0 unspecified atom stereocenters. The van der Waals surface area contributed by atoms with E-state index in [4.69, 9.17) is 14.6 Å². The topological polar surface area (TPSA) is 71.9 Å². The zero-order valence-electron chi connectivity index (χ0n) is 10.9. The predicted octanol–water partition coefficient (Wildman–Crippen LogP) is 1.02. The number of carbonyl (C=O) groups is 1. The van der Waals surface area contributed by atoms with Crippen molar-refractivity contribution in [2.75, 3.05) is 45.4 Å². The molecule has 0 aliphatic heterocycles. The molecule has 19 heavy (non-hydrogen) atoms. The maximum Gasteiger partial charge on any atom is 0.338 e. The lowest BCUT2D eigenvalue weighted by Gasteiger charge is -2.23. The molecule has 1 N–H and O–H groups in total. The van der Waals surface area contributed by atoms with Crippen molar-refractivity contribution in [1.29, 1.82) is 0 Å². The molecule has 0 atom stereocenters. The van der Waals surface area contributed by atoms with Crippen LogP contribution in [0.4, 0.5) is 10.2 Å². The number of nitrogens with zero attached hydrogens (tertiary/aromatic N) is 2. The van der Waals surface area contributed by atoms with Crippen molar-refractivity contribution in [3.05, 3.63) is 23.6 Å². The smallest absolute Gasteiger partial charge is 0.338 e. The fourth-order valence-corrected chi connectivity index (χ4v) is 1.54. The van der Waals surface area contributed by atoms with Crippen LogP contribution in [0.1, 0.15) is 10.4 Å². The Morgan fingerprint density at radius 1 is 1.37 bits per heavy atom. The van der Waals surface area contributed by atoms with Gasteiger partial charge < -0.3 is 19.5 Å². The second-order valence-corrected chi connectivity index (χ2v) is 3.77. The SMILES string of the molecule is COCCN(CCOC)c1nccc(C(=O)O)c1F. The van der Waals surface area contributed by atoms with E-state index < -0.39 is 17.3 Å². The fraction of sp³-hybridized carbons (Fsp3) is 0.500. The summed E-state index contributed by atoms with van der Waals surface area (Å²) in [7, 11) is 3.07. The minimum absolute atomic E-state index is 0.00556. The van der Waals surface area contributed by atoms with Crippen LogP contribution < -0.4 is 4.90 Å². The number of hydrogen-bond donors (Lipinski definition) is 1. The molecule has 7 heteroatoms. The quantitative estimate of drug-likeness (QED) is 0.761. The number of ether oxygens (including phenoxy) is 2. The van der Waals surface area contributed by atoms with Gasteiger partial charge in [-0.3, -0.25) is 0 Å². The van der Waals surface area contributed by atoms with Crippen LogP contribution in [0.25, 0.3) is 0 Å². The number of carboxylic acids is 1. The lowest BCUT2D eigenvalue weighted by Crippen LogP contribution is -2.32. The van der Waals surface area contributed by atoms with Crippen LogP contribution in [0.2, 0.25) is 0 Å². The van der Waals surface area contributed by atoms with Gasteiger partial charge in [0.1, 0.15) is 5.56 Å². The standard InChI is InChI=1S/C12H17FN2O4/c1-18-7-5-15(6-8-19-2)11-10(13)9(12(16)17)3-4-14-11/h3-4H,5-8H2,1-2H3,(H,16,17). The van der Waals surface area contributed by atoms with E-state index in [0.717, 1.165) is 6.07 Å². The summed E-state index contributed by atoms with van der Waals surface area (Å²) < 4.78 is 23.9. The van der Waals surface area contributed by atoms with E-state index >= 15 is 0 Å². The summed E-state index contributed by atoms with van der Waals surface area (Å²) in [6.45, 7) is 1.55. The highest BCUT2D eigenvalue weighted by molar-refractivity contribution is 5.88. The van der Waals surface area contributed by atoms with Crippen LogP contribution in [0.5, 0.6) is 0 Å². The van der Waals surface area contributed by atoms with Gasteiger partial charge in [0.15, 0.2) is 11.6 Å². The first-order chi connectivity index (χ1) is 9.11. The number of pyridine rings is 1. The van der Waals surface area contributed by atoms with Crippen molar-refractivity contribution >= 4 is 11.8 Å². The van der Waals surface area contributed by atoms with Crippen molar-refractivity contribution in [1.82, 2.24) is 4.98 Å². The number of aromatic carboxylic acids is 1. The monoisotopic (exact) mass is 272 g/mol. The third-order valence-electron chi connectivity index (χ3n) is 2.53. The number of rotatable bonds is 8. The fourth-order valence-electron chi connectivity index (χ4n) is 1.54. The molecule has 1 aromatic heterocycles. The van der Waals surface area contributed by atoms with Crippen molar-refractivity contribution in [3.8, 4) is 0 Å². The van der Waals surface area contributed by atoms with Gasteiger partial charge in [-0.2, -0.15) is 0 Å². The van der Waals surface area contributed by atoms with Crippen LogP contribution >= 0.6 is 0 Å². The van der Waals surface area contributed by atoms with E-state index in [1.165, 1.54) is 20.4 Å². The van der Waals surface area contributed by atoms with Gasteiger partial charge >= 0.3 is 5.97 Å². The molecule has 1 rings (SSSR count). The maximum absolute atomic E-state index is 14.1. The molecule has 0 saturated heterocycles. The summed E-state index contributed by atoms with van der Waals surface area (Å²) in [5.74, 6) is -2.17. The molecule has 1 aromatic rings. The molecule has 0 radical (unpaired) electrons. The minimum Gasteiger partial charge on any atom is -0.478 e. The average Bonchev–Trinajstić information content (AvgIpc) is 2.39. The van der Waals surface area contributed by atoms with Crippen LogP contribution in [0.15, 0.2) is 12.3 Å². The molecule has 1 heterocycles. The van der Waals surface area contributed by atoms with E-state index in [1.54, 1.807) is 4.90 Å². The zero-order valence-corrected chi connectivity index (χ0v) is 10.9. The molecule has 0 amide bonds. The number of carboxylic acid groups (broad SMARTS) is 1. The Balaban J connectivity index is 2.99. The molecular weight excluding hydrogens is 255 g/mol. The van der Waals surface area contributed by atoms with E-state index in [1.807, 2.05) is 0 Å². The second-order valence-electron chi connectivity index (χ2n) is 3.77. The molecule has 0 spiro atoms. The second kappa shape index (κ2) is 7.65. The van der Waals surface area contributed by atoms with Gasteiger partial charge in [0, 0.05) is 33.5 Å². The van der Waals surface area contributed by atoms with Crippen molar-refractivity contribution in [2.24, 2.45) is 0 Å². The summed E-state index contributed by atoms with van der Waals surface area (Å²) in [6.07, 6.45) is 1.27.